The van der Waals surface area contributed by atoms with Crippen LogP contribution in [0.25, 0.3) is 0 Å². The van der Waals surface area contributed by atoms with E-state index in [1.807, 2.05) is 35.2 Å². The lowest BCUT2D eigenvalue weighted by Crippen LogP contribution is -2.50. The third-order valence-electron chi connectivity index (χ3n) is 5.98. The second kappa shape index (κ2) is 9.83. The van der Waals surface area contributed by atoms with Crippen LogP contribution in [0.15, 0.2) is 60.9 Å². The summed E-state index contributed by atoms with van der Waals surface area (Å²) in [5.74, 6) is 0.629. The maximum atomic E-state index is 13.4. The molecule has 31 heavy (non-hydrogen) atoms. The number of carbonyl (C=O) groups is 1. The quantitative estimate of drug-likeness (QED) is 0.590. The molecule has 0 N–H and O–H groups in total. The number of carbonyl (C=O) groups excluding carboxylic acids is 1. The molecule has 0 saturated carbocycles. The smallest absolute Gasteiger partial charge is 0.248 e. The van der Waals surface area contributed by atoms with Gasteiger partial charge in [0.15, 0.2) is 0 Å². The van der Waals surface area contributed by atoms with Crippen LogP contribution in [0.4, 0.5) is 0 Å². The predicted molar refractivity (Wildman–Crippen MR) is 119 cm³/mol. The van der Waals surface area contributed by atoms with Crippen LogP contribution >= 0.6 is 0 Å². The fourth-order valence-corrected chi connectivity index (χ4v) is 4.05. The summed E-state index contributed by atoms with van der Waals surface area (Å²) in [5.41, 5.74) is 3.78. The zero-order valence-electron chi connectivity index (χ0n) is 18.3. The van der Waals surface area contributed by atoms with Crippen molar-refractivity contribution in [1.29, 1.82) is 0 Å². The van der Waals surface area contributed by atoms with Gasteiger partial charge in [0, 0.05) is 39.1 Å². The van der Waals surface area contributed by atoms with E-state index >= 15 is 0 Å². The number of tetrazole rings is 1. The average molecular weight is 419 g/mol. The summed E-state index contributed by atoms with van der Waals surface area (Å²) < 4.78 is 1.58. The minimum absolute atomic E-state index is 0.0806. The lowest BCUT2D eigenvalue weighted by atomic mass is 10.0. The Morgan fingerprint density at radius 2 is 1.65 bits per heavy atom. The standard InChI is InChI=1S/C24H30N6O/c1-19(2)22-10-8-21(9-11-22)17-28-12-14-29(15-13-28)24(31)23(30-18-25-26-27-30)16-20-6-4-3-5-7-20/h3-11,18-19,23H,12-17H2,1-2H3. The molecule has 1 fully saturated rings. The van der Waals surface area contributed by atoms with Gasteiger partial charge in [-0.1, -0.05) is 68.4 Å². The first kappa shape index (κ1) is 21.2. The second-order valence-corrected chi connectivity index (χ2v) is 8.49. The molecule has 2 heterocycles. The van der Waals surface area contributed by atoms with E-state index in [0.717, 1.165) is 38.3 Å². The molecule has 1 unspecified atom stereocenters. The van der Waals surface area contributed by atoms with Gasteiger partial charge in [-0.15, -0.1) is 5.10 Å². The molecule has 3 aromatic rings. The first-order valence-electron chi connectivity index (χ1n) is 11.0. The lowest BCUT2D eigenvalue weighted by molar-refractivity contribution is -0.137. The fourth-order valence-electron chi connectivity index (χ4n) is 4.05. The highest BCUT2D eigenvalue weighted by molar-refractivity contribution is 5.80. The van der Waals surface area contributed by atoms with Gasteiger partial charge in [-0.25, -0.2) is 4.68 Å². The van der Waals surface area contributed by atoms with Crippen LogP contribution in [-0.2, 0) is 17.8 Å². The summed E-state index contributed by atoms with van der Waals surface area (Å²) >= 11 is 0. The molecular formula is C24H30N6O. The average Bonchev–Trinajstić information content (AvgIpc) is 3.33. The Morgan fingerprint density at radius 3 is 2.26 bits per heavy atom. The second-order valence-electron chi connectivity index (χ2n) is 8.49. The summed E-state index contributed by atoms with van der Waals surface area (Å²) in [6.45, 7) is 8.52. The highest BCUT2D eigenvalue weighted by Gasteiger charge is 2.29. The number of hydrogen-bond acceptors (Lipinski definition) is 5. The van der Waals surface area contributed by atoms with Gasteiger partial charge in [0.05, 0.1) is 0 Å². The van der Waals surface area contributed by atoms with Crippen molar-refractivity contribution in [2.45, 2.75) is 38.8 Å². The van der Waals surface area contributed by atoms with E-state index in [0.29, 0.717) is 12.3 Å². The Labute approximate surface area is 183 Å². The van der Waals surface area contributed by atoms with Crippen LogP contribution in [-0.4, -0.2) is 62.1 Å². The largest absolute Gasteiger partial charge is 0.338 e. The van der Waals surface area contributed by atoms with Crippen LogP contribution in [0.2, 0.25) is 0 Å². The van der Waals surface area contributed by atoms with Crippen molar-refractivity contribution in [2.24, 2.45) is 0 Å². The molecule has 0 bridgehead atoms. The van der Waals surface area contributed by atoms with Crippen LogP contribution in [0.3, 0.4) is 0 Å². The number of benzene rings is 2. The van der Waals surface area contributed by atoms with Gasteiger partial charge in [0.2, 0.25) is 5.91 Å². The van der Waals surface area contributed by atoms with Gasteiger partial charge >= 0.3 is 0 Å². The molecule has 1 saturated heterocycles. The number of hydrogen-bond donors (Lipinski definition) is 0. The Morgan fingerprint density at radius 1 is 0.935 bits per heavy atom. The zero-order chi connectivity index (χ0) is 21.6. The number of nitrogens with zero attached hydrogens (tertiary/aromatic N) is 6. The molecule has 1 atom stereocenters. The van der Waals surface area contributed by atoms with E-state index in [1.54, 1.807) is 4.68 Å². The topological polar surface area (TPSA) is 67.2 Å². The van der Waals surface area contributed by atoms with Gasteiger partial charge in [0.1, 0.15) is 12.4 Å². The Bertz CT molecular complexity index is 948. The first-order chi connectivity index (χ1) is 15.1. The summed E-state index contributed by atoms with van der Waals surface area (Å²) in [6, 6.07) is 18.5. The molecule has 1 aliphatic rings. The molecule has 1 aromatic heterocycles. The van der Waals surface area contributed by atoms with E-state index in [-0.39, 0.29) is 5.91 Å². The third kappa shape index (κ3) is 5.35. The Hall–Kier alpha value is -3.06. The van der Waals surface area contributed by atoms with Crippen LogP contribution in [0.1, 0.15) is 42.5 Å². The monoisotopic (exact) mass is 418 g/mol. The van der Waals surface area contributed by atoms with Gasteiger partial charge < -0.3 is 4.90 Å². The SMILES string of the molecule is CC(C)c1ccc(CN2CCN(C(=O)C(Cc3ccccc3)n3cnnn3)CC2)cc1. The molecule has 7 heteroatoms. The summed E-state index contributed by atoms with van der Waals surface area (Å²) in [4.78, 5) is 17.7. The number of piperazine rings is 1. The molecule has 0 aliphatic carbocycles. The van der Waals surface area contributed by atoms with Crippen molar-refractivity contribution in [3.05, 3.63) is 77.6 Å². The maximum absolute atomic E-state index is 13.4. The van der Waals surface area contributed by atoms with Crippen molar-refractivity contribution in [3.63, 3.8) is 0 Å². The zero-order valence-corrected chi connectivity index (χ0v) is 18.3. The lowest BCUT2D eigenvalue weighted by Gasteiger charge is -2.36. The normalized spacial score (nSPS) is 15.9. The van der Waals surface area contributed by atoms with Gasteiger partial charge in [-0.05, 0) is 33.0 Å². The molecule has 0 radical (unpaired) electrons. The predicted octanol–water partition coefficient (Wildman–Crippen LogP) is 2.92. The van der Waals surface area contributed by atoms with Crippen molar-refractivity contribution < 1.29 is 4.79 Å². The summed E-state index contributed by atoms with van der Waals surface area (Å²) in [7, 11) is 0. The third-order valence-corrected chi connectivity index (χ3v) is 5.98. The first-order valence-corrected chi connectivity index (χ1v) is 11.0. The minimum Gasteiger partial charge on any atom is -0.338 e. The molecule has 7 nitrogen and oxygen atoms in total. The van der Waals surface area contributed by atoms with Crippen molar-refractivity contribution in [2.75, 3.05) is 26.2 Å². The van der Waals surface area contributed by atoms with E-state index in [1.165, 1.54) is 17.5 Å². The van der Waals surface area contributed by atoms with Crippen molar-refractivity contribution in [1.82, 2.24) is 30.0 Å². The highest BCUT2D eigenvalue weighted by atomic mass is 16.2. The molecular weight excluding hydrogens is 388 g/mol. The summed E-state index contributed by atoms with van der Waals surface area (Å²) in [6.07, 6.45) is 2.11. The highest BCUT2D eigenvalue weighted by Crippen LogP contribution is 2.19. The van der Waals surface area contributed by atoms with Gasteiger partial charge in [-0.2, -0.15) is 0 Å². The molecule has 1 amide bonds. The molecule has 0 spiro atoms. The molecule has 2 aromatic carbocycles. The van der Waals surface area contributed by atoms with E-state index < -0.39 is 6.04 Å². The van der Waals surface area contributed by atoms with Crippen LogP contribution in [0, 0.1) is 0 Å². The maximum Gasteiger partial charge on any atom is 0.248 e. The Balaban J connectivity index is 1.36. The van der Waals surface area contributed by atoms with Crippen molar-refractivity contribution >= 4 is 5.91 Å². The van der Waals surface area contributed by atoms with Crippen LogP contribution < -0.4 is 0 Å². The van der Waals surface area contributed by atoms with E-state index in [9.17, 15) is 4.79 Å². The van der Waals surface area contributed by atoms with Crippen molar-refractivity contribution in [3.8, 4) is 0 Å². The number of aromatic nitrogens is 4. The molecule has 1 aliphatic heterocycles. The number of rotatable bonds is 7. The van der Waals surface area contributed by atoms with Gasteiger partial charge in [0.25, 0.3) is 0 Å². The molecule has 162 valence electrons. The van der Waals surface area contributed by atoms with E-state index in [2.05, 4.69) is 58.5 Å². The van der Waals surface area contributed by atoms with E-state index in [4.69, 9.17) is 0 Å². The van der Waals surface area contributed by atoms with Crippen LogP contribution in [0.5, 0.6) is 0 Å². The Kier molecular flexibility index (Phi) is 6.72. The molecule has 4 rings (SSSR count). The summed E-state index contributed by atoms with van der Waals surface area (Å²) in [5, 5.41) is 11.5. The fraction of sp³-hybridized carbons (Fsp3) is 0.417. The minimum atomic E-state index is -0.424. The number of amides is 1. The van der Waals surface area contributed by atoms with Gasteiger partial charge in [-0.3, -0.25) is 9.69 Å².